The van der Waals surface area contributed by atoms with Crippen molar-refractivity contribution in [3.8, 4) is 0 Å². The molecule has 5 nitrogen and oxygen atoms in total. The van der Waals surface area contributed by atoms with E-state index in [0.29, 0.717) is 0 Å². The van der Waals surface area contributed by atoms with Crippen LogP contribution < -0.4 is 4.72 Å². The molecule has 112 valence electrons. The lowest BCUT2D eigenvalue weighted by Crippen LogP contribution is -2.46. The quantitative estimate of drug-likeness (QED) is 0.756. The molecule has 0 spiro atoms. The average Bonchev–Trinajstić information content (AvgIpc) is 2.35. The van der Waals surface area contributed by atoms with E-state index in [1.54, 1.807) is 13.8 Å². The van der Waals surface area contributed by atoms with Crippen LogP contribution in [-0.4, -0.2) is 33.3 Å². The average molecular weight is 291 g/mol. The van der Waals surface area contributed by atoms with Crippen LogP contribution in [0.15, 0.2) is 0 Å². The lowest BCUT2D eigenvalue weighted by Gasteiger charge is -2.24. The van der Waals surface area contributed by atoms with E-state index >= 15 is 0 Å². The molecule has 0 aromatic heterocycles. The van der Waals surface area contributed by atoms with Gasteiger partial charge in [-0.1, -0.05) is 33.1 Å². The molecule has 1 aliphatic carbocycles. The highest BCUT2D eigenvalue weighted by atomic mass is 32.2. The summed E-state index contributed by atoms with van der Waals surface area (Å²) in [5, 5.41) is 0. The predicted octanol–water partition coefficient (Wildman–Crippen LogP) is 1.68. The molecule has 6 heteroatoms. The summed E-state index contributed by atoms with van der Waals surface area (Å²) in [6.07, 6.45) is 5.33. The summed E-state index contributed by atoms with van der Waals surface area (Å²) in [4.78, 5) is 11.6. The fraction of sp³-hybridized carbons (Fsp3) is 0.923. The van der Waals surface area contributed by atoms with Gasteiger partial charge in [0.1, 0.15) is 6.04 Å². The van der Waals surface area contributed by atoms with E-state index in [0.717, 1.165) is 25.7 Å². The molecule has 0 aromatic carbocycles. The van der Waals surface area contributed by atoms with Gasteiger partial charge in [-0.15, -0.1) is 0 Å². The summed E-state index contributed by atoms with van der Waals surface area (Å²) < 4.78 is 31.4. The first-order valence-corrected chi connectivity index (χ1v) is 8.59. The first kappa shape index (κ1) is 16.4. The van der Waals surface area contributed by atoms with Crippen molar-refractivity contribution in [2.75, 3.05) is 12.9 Å². The van der Waals surface area contributed by atoms with Crippen molar-refractivity contribution in [2.45, 2.75) is 52.0 Å². The Morgan fingerprint density at radius 1 is 1.26 bits per heavy atom. The molecule has 1 atom stereocenters. The van der Waals surface area contributed by atoms with E-state index in [1.165, 1.54) is 13.5 Å². The smallest absolute Gasteiger partial charge is 0.324 e. The van der Waals surface area contributed by atoms with Crippen LogP contribution in [-0.2, 0) is 19.6 Å². The maximum Gasteiger partial charge on any atom is 0.324 e. The molecule has 1 rings (SSSR count). The molecular weight excluding hydrogens is 266 g/mol. The number of sulfonamides is 1. The molecule has 0 aromatic rings. The number of hydrogen-bond donors (Lipinski definition) is 1. The van der Waals surface area contributed by atoms with Gasteiger partial charge < -0.3 is 4.74 Å². The molecule has 19 heavy (non-hydrogen) atoms. The molecule has 1 fully saturated rings. The van der Waals surface area contributed by atoms with Gasteiger partial charge in [0, 0.05) is 0 Å². The molecule has 0 bridgehead atoms. The lowest BCUT2D eigenvalue weighted by atomic mass is 9.91. The molecule has 1 N–H and O–H groups in total. The molecule has 0 radical (unpaired) electrons. The van der Waals surface area contributed by atoms with Crippen molar-refractivity contribution in [1.82, 2.24) is 4.72 Å². The highest BCUT2D eigenvalue weighted by Crippen LogP contribution is 2.24. The second kappa shape index (κ2) is 7.24. The van der Waals surface area contributed by atoms with Crippen LogP contribution in [0.5, 0.6) is 0 Å². The van der Waals surface area contributed by atoms with Crippen molar-refractivity contribution in [3.05, 3.63) is 0 Å². The maximum atomic E-state index is 12.1. The first-order chi connectivity index (χ1) is 8.85. The van der Waals surface area contributed by atoms with Crippen LogP contribution in [0, 0.1) is 11.8 Å². The molecule has 0 aliphatic heterocycles. The number of esters is 1. The number of rotatable bonds is 6. The largest absolute Gasteiger partial charge is 0.468 e. The third-order valence-electron chi connectivity index (χ3n) is 3.61. The van der Waals surface area contributed by atoms with E-state index in [-0.39, 0.29) is 17.6 Å². The van der Waals surface area contributed by atoms with E-state index < -0.39 is 22.0 Å². The van der Waals surface area contributed by atoms with Crippen molar-refractivity contribution in [1.29, 1.82) is 0 Å². The van der Waals surface area contributed by atoms with Crippen molar-refractivity contribution < 1.29 is 17.9 Å². The van der Waals surface area contributed by atoms with Crippen molar-refractivity contribution in [3.63, 3.8) is 0 Å². The number of carbonyl (C=O) groups excluding carboxylic acids is 1. The van der Waals surface area contributed by atoms with Crippen LogP contribution in [0.4, 0.5) is 0 Å². The number of carbonyl (C=O) groups is 1. The molecule has 0 saturated heterocycles. The minimum absolute atomic E-state index is 0.118. The number of hydrogen-bond acceptors (Lipinski definition) is 4. The highest BCUT2D eigenvalue weighted by molar-refractivity contribution is 7.89. The van der Waals surface area contributed by atoms with Gasteiger partial charge in [-0.25, -0.2) is 13.1 Å². The summed E-state index contributed by atoms with van der Waals surface area (Å²) >= 11 is 0. The van der Waals surface area contributed by atoms with Gasteiger partial charge in [0.05, 0.1) is 12.9 Å². The molecule has 1 unspecified atom stereocenters. The van der Waals surface area contributed by atoms with Crippen molar-refractivity contribution >= 4 is 16.0 Å². The number of ether oxygens (including phenoxy) is 1. The van der Waals surface area contributed by atoms with E-state index in [2.05, 4.69) is 9.46 Å². The van der Waals surface area contributed by atoms with Gasteiger partial charge in [0.15, 0.2) is 0 Å². The summed E-state index contributed by atoms with van der Waals surface area (Å²) in [6, 6.07) is -0.793. The van der Waals surface area contributed by atoms with Crippen LogP contribution in [0.2, 0.25) is 0 Å². The summed E-state index contributed by atoms with van der Waals surface area (Å²) in [5.41, 5.74) is 0. The van der Waals surface area contributed by atoms with Crippen LogP contribution >= 0.6 is 0 Å². The van der Waals surface area contributed by atoms with Gasteiger partial charge in [-0.05, 0) is 24.7 Å². The zero-order valence-electron chi connectivity index (χ0n) is 12.0. The molecule has 0 heterocycles. The standard InChI is InChI=1S/C13H25NO4S/c1-10(2)12(13(15)18-3)14-19(16,17)9-11-7-5-4-6-8-11/h10-12,14H,4-9H2,1-3H3. The first-order valence-electron chi connectivity index (χ1n) is 6.93. The SMILES string of the molecule is COC(=O)C(NS(=O)(=O)CC1CCCCC1)C(C)C. The Bertz CT molecular complexity index is 385. The van der Waals surface area contributed by atoms with E-state index in [1.807, 2.05) is 0 Å². The van der Waals surface area contributed by atoms with Gasteiger partial charge >= 0.3 is 5.97 Å². The molecular formula is C13H25NO4S. The minimum Gasteiger partial charge on any atom is -0.468 e. The Morgan fingerprint density at radius 2 is 1.84 bits per heavy atom. The zero-order valence-corrected chi connectivity index (χ0v) is 12.8. The maximum absolute atomic E-state index is 12.1. The highest BCUT2D eigenvalue weighted by Gasteiger charge is 2.30. The van der Waals surface area contributed by atoms with Gasteiger partial charge in [-0.2, -0.15) is 0 Å². The Balaban J connectivity index is 2.62. The number of methoxy groups -OCH3 is 1. The van der Waals surface area contributed by atoms with Crippen LogP contribution in [0.25, 0.3) is 0 Å². The predicted molar refractivity (Wildman–Crippen MR) is 74.1 cm³/mol. The van der Waals surface area contributed by atoms with Gasteiger partial charge in [0.25, 0.3) is 0 Å². The van der Waals surface area contributed by atoms with Crippen LogP contribution in [0.3, 0.4) is 0 Å². The second-order valence-corrected chi connectivity index (χ2v) is 7.45. The topological polar surface area (TPSA) is 72.5 Å². The lowest BCUT2D eigenvalue weighted by molar-refractivity contribution is -0.143. The van der Waals surface area contributed by atoms with Crippen molar-refractivity contribution in [2.24, 2.45) is 11.8 Å². The normalized spacial score (nSPS) is 19.4. The third kappa shape index (κ3) is 5.48. The van der Waals surface area contributed by atoms with Crippen LogP contribution in [0.1, 0.15) is 46.0 Å². The summed E-state index contributed by atoms with van der Waals surface area (Å²) in [5.74, 6) is -0.319. The Hall–Kier alpha value is -0.620. The fourth-order valence-electron chi connectivity index (χ4n) is 2.49. The fourth-order valence-corrected chi connectivity index (χ4v) is 4.29. The monoisotopic (exact) mass is 291 g/mol. The Morgan fingerprint density at radius 3 is 2.32 bits per heavy atom. The third-order valence-corrected chi connectivity index (χ3v) is 5.13. The van der Waals surface area contributed by atoms with E-state index in [4.69, 9.17) is 0 Å². The second-order valence-electron chi connectivity index (χ2n) is 5.65. The molecule has 0 amide bonds. The van der Waals surface area contributed by atoms with Gasteiger partial charge in [-0.3, -0.25) is 4.79 Å². The summed E-state index contributed by atoms with van der Waals surface area (Å²) in [6.45, 7) is 3.59. The van der Waals surface area contributed by atoms with Gasteiger partial charge in [0.2, 0.25) is 10.0 Å². The zero-order chi connectivity index (χ0) is 14.5. The number of nitrogens with one attached hydrogen (secondary N) is 1. The molecule has 1 saturated carbocycles. The Kier molecular flexibility index (Phi) is 6.26. The summed E-state index contributed by atoms with van der Waals surface area (Å²) in [7, 11) is -2.16. The Labute approximate surface area is 116 Å². The molecule has 1 aliphatic rings. The van der Waals surface area contributed by atoms with E-state index in [9.17, 15) is 13.2 Å². The minimum atomic E-state index is -3.43.